The van der Waals surface area contributed by atoms with E-state index in [1.165, 1.54) is 0 Å². The Kier molecular flexibility index (Phi) is 5.15. The van der Waals surface area contributed by atoms with Crippen LogP contribution in [0.25, 0.3) is 0 Å². The molecule has 96 valence electrons. The van der Waals surface area contributed by atoms with Crippen LogP contribution in [-0.4, -0.2) is 29.7 Å². The fourth-order valence-electron chi connectivity index (χ4n) is 1.26. The fraction of sp³-hybridized carbons (Fsp3) is 0.667. The summed E-state index contributed by atoms with van der Waals surface area (Å²) in [6.07, 6.45) is 0.130. The zero-order valence-electron chi connectivity index (χ0n) is 11.0. The van der Waals surface area contributed by atoms with Crippen molar-refractivity contribution in [3.05, 3.63) is 16.5 Å². The molecule has 1 heterocycles. The van der Waals surface area contributed by atoms with Gasteiger partial charge in [-0.05, 0) is 13.8 Å². The number of nitrogens with zero attached hydrogens (tertiary/aromatic N) is 2. The van der Waals surface area contributed by atoms with Crippen LogP contribution in [0.4, 0.5) is 5.82 Å². The average molecular weight is 258 g/mol. The number of methoxy groups -OCH3 is 1. The highest BCUT2D eigenvalue weighted by Crippen LogP contribution is 2.22. The molecule has 0 bridgehead atoms. The minimum Gasteiger partial charge on any atom is -0.380 e. The molecule has 0 aromatic carbocycles. The van der Waals surface area contributed by atoms with Crippen molar-refractivity contribution in [3.63, 3.8) is 0 Å². The molecule has 5 heteroatoms. The summed E-state index contributed by atoms with van der Waals surface area (Å²) in [4.78, 5) is 8.74. The van der Waals surface area contributed by atoms with Gasteiger partial charge in [-0.15, -0.1) is 0 Å². The van der Waals surface area contributed by atoms with Crippen molar-refractivity contribution >= 4 is 17.4 Å². The molecule has 1 rings (SSSR count). The van der Waals surface area contributed by atoms with Crippen LogP contribution in [0.15, 0.2) is 0 Å². The molecule has 0 aliphatic rings. The van der Waals surface area contributed by atoms with E-state index in [1.807, 2.05) is 27.7 Å². The Hall–Kier alpha value is -0.870. The lowest BCUT2D eigenvalue weighted by Gasteiger charge is -2.15. The van der Waals surface area contributed by atoms with E-state index in [4.69, 9.17) is 16.3 Å². The van der Waals surface area contributed by atoms with Gasteiger partial charge < -0.3 is 10.1 Å². The molecule has 0 radical (unpaired) electrons. The average Bonchev–Trinajstić information content (AvgIpc) is 2.30. The second-order valence-corrected chi connectivity index (χ2v) is 4.79. The number of halogens is 1. The van der Waals surface area contributed by atoms with Crippen LogP contribution in [0.5, 0.6) is 0 Å². The van der Waals surface area contributed by atoms with E-state index < -0.39 is 0 Å². The third-order valence-electron chi connectivity index (χ3n) is 2.58. The Morgan fingerprint density at radius 1 is 1.29 bits per heavy atom. The van der Waals surface area contributed by atoms with Crippen LogP contribution in [-0.2, 0) is 4.74 Å². The third kappa shape index (κ3) is 3.82. The molecule has 1 unspecified atom stereocenters. The highest BCUT2D eigenvalue weighted by atomic mass is 35.5. The SMILES string of the molecule is COC(C)CNc1nc(C(C)C)nc(Cl)c1C. The van der Waals surface area contributed by atoms with Crippen molar-refractivity contribution in [1.29, 1.82) is 0 Å². The first-order valence-corrected chi connectivity index (χ1v) is 6.14. The van der Waals surface area contributed by atoms with Crippen molar-refractivity contribution in [2.24, 2.45) is 0 Å². The van der Waals surface area contributed by atoms with Crippen LogP contribution in [0.3, 0.4) is 0 Å². The number of rotatable bonds is 5. The minimum absolute atomic E-state index is 0.130. The smallest absolute Gasteiger partial charge is 0.137 e. The zero-order valence-corrected chi connectivity index (χ0v) is 11.8. The number of hydrogen-bond donors (Lipinski definition) is 1. The first kappa shape index (κ1) is 14.2. The molecule has 0 spiro atoms. The van der Waals surface area contributed by atoms with Gasteiger partial charge in [-0.25, -0.2) is 9.97 Å². The van der Waals surface area contributed by atoms with Gasteiger partial charge in [0.1, 0.15) is 16.8 Å². The molecule has 0 saturated carbocycles. The highest BCUT2D eigenvalue weighted by Gasteiger charge is 2.12. The molecule has 1 N–H and O–H groups in total. The molecule has 1 aromatic heterocycles. The third-order valence-corrected chi connectivity index (χ3v) is 2.95. The molecular formula is C12H20ClN3O. The number of ether oxygens (including phenoxy) is 1. The van der Waals surface area contributed by atoms with Crippen LogP contribution < -0.4 is 5.32 Å². The van der Waals surface area contributed by atoms with Crippen LogP contribution >= 0.6 is 11.6 Å². The van der Waals surface area contributed by atoms with Gasteiger partial charge in [0.25, 0.3) is 0 Å². The number of nitrogens with one attached hydrogen (secondary N) is 1. The summed E-state index contributed by atoms with van der Waals surface area (Å²) in [7, 11) is 1.69. The molecule has 0 aliphatic heterocycles. The summed E-state index contributed by atoms with van der Waals surface area (Å²) in [5, 5.41) is 3.75. The van der Waals surface area contributed by atoms with Crippen LogP contribution in [0.1, 0.15) is 38.1 Å². The van der Waals surface area contributed by atoms with E-state index in [9.17, 15) is 0 Å². The second-order valence-electron chi connectivity index (χ2n) is 4.43. The molecule has 1 aromatic rings. The van der Waals surface area contributed by atoms with Gasteiger partial charge in [0.2, 0.25) is 0 Å². The van der Waals surface area contributed by atoms with Crippen molar-refractivity contribution in [3.8, 4) is 0 Å². The van der Waals surface area contributed by atoms with Gasteiger partial charge in [-0.3, -0.25) is 0 Å². The summed E-state index contributed by atoms with van der Waals surface area (Å²) >= 11 is 6.09. The summed E-state index contributed by atoms with van der Waals surface area (Å²) in [5.74, 6) is 1.80. The van der Waals surface area contributed by atoms with Gasteiger partial charge in [0, 0.05) is 25.1 Å². The van der Waals surface area contributed by atoms with Crippen molar-refractivity contribution in [1.82, 2.24) is 9.97 Å². The first-order chi connectivity index (χ1) is 7.95. The van der Waals surface area contributed by atoms with Crippen LogP contribution in [0.2, 0.25) is 5.15 Å². The Balaban J connectivity index is 2.90. The first-order valence-electron chi connectivity index (χ1n) is 5.76. The molecular weight excluding hydrogens is 238 g/mol. The number of hydrogen-bond acceptors (Lipinski definition) is 4. The summed E-state index contributed by atoms with van der Waals surface area (Å²) in [6.45, 7) is 8.69. The number of anilines is 1. The topological polar surface area (TPSA) is 47.0 Å². The molecule has 0 aliphatic carbocycles. The minimum atomic E-state index is 0.130. The van der Waals surface area contributed by atoms with Gasteiger partial charge in [-0.2, -0.15) is 0 Å². The predicted octanol–water partition coefficient (Wildman–Crippen LogP) is 3.01. The Morgan fingerprint density at radius 2 is 1.94 bits per heavy atom. The highest BCUT2D eigenvalue weighted by molar-refractivity contribution is 6.30. The number of aromatic nitrogens is 2. The molecule has 0 saturated heterocycles. The van der Waals surface area contributed by atoms with Gasteiger partial charge >= 0.3 is 0 Å². The molecule has 0 fully saturated rings. The Labute approximate surface area is 108 Å². The maximum absolute atomic E-state index is 6.09. The summed E-state index contributed by atoms with van der Waals surface area (Å²) < 4.78 is 5.18. The van der Waals surface area contributed by atoms with E-state index >= 15 is 0 Å². The van der Waals surface area contributed by atoms with Crippen molar-refractivity contribution in [2.75, 3.05) is 19.0 Å². The van der Waals surface area contributed by atoms with Crippen LogP contribution in [0, 0.1) is 6.92 Å². The predicted molar refractivity (Wildman–Crippen MR) is 70.8 cm³/mol. The normalized spacial score (nSPS) is 12.9. The van der Waals surface area contributed by atoms with Gasteiger partial charge in [0.05, 0.1) is 6.10 Å². The molecule has 17 heavy (non-hydrogen) atoms. The largest absolute Gasteiger partial charge is 0.380 e. The van der Waals surface area contributed by atoms with E-state index in [-0.39, 0.29) is 12.0 Å². The maximum atomic E-state index is 6.09. The molecule has 0 amide bonds. The Morgan fingerprint density at radius 3 is 2.47 bits per heavy atom. The quantitative estimate of drug-likeness (QED) is 0.824. The van der Waals surface area contributed by atoms with E-state index in [0.29, 0.717) is 11.7 Å². The standard InChI is InChI=1S/C12H20ClN3O/c1-7(2)11-15-10(13)9(4)12(16-11)14-6-8(3)17-5/h7-8H,6H2,1-5H3,(H,14,15,16). The lowest BCUT2D eigenvalue weighted by molar-refractivity contribution is 0.128. The van der Waals surface area contributed by atoms with Gasteiger partial charge in [0.15, 0.2) is 0 Å². The van der Waals surface area contributed by atoms with Crippen molar-refractivity contribution < 1.29 is 4.74 Å². The molecule has 1 atom stereocenters. The summed E-state index contributed by atoms with van der Waals surface area (Å²) in [6, 6.07) is 0. The van der Waals surface area contributed by atoms with Gasteiger partial charge in [-0.1, -0.05) is 25.4 Å². The van der Waals surface area contributed by atoms with Crippen molar-refractivity contribution in [2.45, 2.75) is 39.7 Å². The van der Waals surface area contributed by atoms with E-state index in [0.717, 1.165) is 17.2 Å². The lowest BCUT2D eigenvalue weighted by atomic mass is 10.2. The van der Waals surface area contributed by atoms with E-state index in [2.05, 4.69) is 15.3 Å². The van der Waals surface area contributed by atoms with E-state index in [1.54, 1.807) is 7.11 Å². The maximum Gasteiger partial charge on any atom is 0.137 e. The summed E-state index contributed by atoms with van der Waals surface area (Å²) in [5.41, 5.74) is 0.874. The molecule has 4 nitrogen and oxygen atoms in total. The second kappa shape index (κ2) is 6.17. The zero-order chi connectivity index (χ0) is 13.0. The monoisotopic (exact) mass is 257 g/mol. The lowest BCUT2D eigenvalue weighted by Crippen LogP contribution is -2.20. The fourth-order valence-corrected chi connectivity index (χ4v) is 1.44. The Bertz CT molecular complexity index is 382.